The molecule has 24 heavy (non-hydrogen) atoms. The number of nitrogens with zero attached hydrogens (tertiary/aromatic N) is 2. The van der Waals surface area contributed by atoms with E-state index in [1.165, 1.54) is 11.3 Å². The summed E-state index contributed by atoms with van der Waals surface area (Å²) in [5.74, 6) is 0.235. The van der Waals surface area contributed by atoms with Gasteiger partial charge >= 0.3 is 0 Å². The smallest absolute Gasteiger partial charge is 0.223 e. The van der Waals surface area contributed by atoms with E-state index in [0.717, 1.165) is 43.2 Å². The zero-order valence-corrected chi connectivity index (χ0v) is 14.8. The van der Waals surface area contributed by atoms with Crippen LogP contribution in [0.4, 0.5) is 5.69 Å². The van der Waals surface area contributed by atoms with Gasteiger partial charge in [-0.05, 0) is 48.7 Å². The minimum atomic E-state index is 0.235. The van der Waals surface area contributed by atoms with Gasteiger partial charge in [0.1, 0.15) is 0 Å². The maximum absolute atomic E-state index is 12.4. The highest BCUT2D eigenvalue weighted by atomic mass is 35.5. The van der Waals surface area contributed by atoms with Crippen LogP contribution < -0.4 is 4.90 Å². The second-order valence-corrected chi connectivity index (χ2v) is 6.77. The molecule has 126 valence electrons. The van der Waals surface area contributed by atoms with Gasteiger partial charge in [-0.2, -0.15) is 0 Å². The van der Waals surface area contributed by atoms with Crippen molar-refractivity contribution in [1.82, 2.24) is 4.90 Å². The van der Waals surface area contributed by atoms with Crippen molar-refractivity contribution in [3.63, 3.8) is 0 Å². The molecule has 0 radical (unpaired) electrons. The Morgan fingerprint density at radius 1 is 1.04 bits per heavy atom. The highest BCUT2D eigenvalue weighted by Crippen LogP contribution is 2.18. The number of aryl methyl sites for hydroxylation is 2. The van der Waals surface area contributed by atoms with Crippen LogP contribution in [0.25, 0.3) is 0 Å². The normalized spacial score (nSPS) is 14.8. The first kappa shape index (κ1) is 16.8. The molecule has 2 aromatic carbocycles. The topological polar surface area (TPSA) is 23.6 Å². The Morgan fingerprint density at radius 2 is 1.79 bits per heavy atom. The van der Waals surface area contributed by atoms with E-state index in [1.807, 2.05) is 29.2 Å². The van der Waals surface area contributed by atoms with Gasteiger partial charge in [-0.25, -0.2) is 0 Å². The molecule has 2 aromatic rings. The minimum absolute atomic E-state index is 0.235. The summed E-state index contributed by atoms with van der Waals surface area (Å²) in [7, 11) is 0. The number of benzene rings is 2. The Balaban J connectivity index is 1.50. The molecular weight excluding hydrogens is 320 g/mol. The summed E-state index contributed by atoms with van der Waals surface area (Å²) in [5, 5.41) is 0.728. The quantitative estimate of drug-likeness (QED) is 0.840. The Morgan fingerprint density at radius 3 is 2.50 bits per heavy atom. The number of piperazine rings is 1. The molecule has 1 heterocycles. The van der Waals surface area contributed by atoms with Gasteiger partial charge in [0.15, 0.2) is 0 Å². The fraction of sp³-hybridized carbons (Fsp3) is 0.350. The van der Waals surface area contributed by atoms with Gasteiger partial charge in [-0.15, -0.1) is 0 Å². The maximum Gasteiger partial charge on any atom is 0.223 e. The standard InChI is InChI=1S/C20H23ClN2O/c1-16-4-2-7-19(14-16)22-10-12-23(13-11-22)20(24)9-8-17-5-3-6-18(21)15-17/h2-7,14-15H,8-13H2,1H3. The second-order valence-electron chi connectivity index (χ2n) is 6.34. The molecule has 0 saturated carbocycles. The van der Waals surface area contributed by atoms with Gasteiger partial charge in [0.25, 0.3) is 0 Å². The van der Waals surface area contributed by atoms with Gasteiger partial charge in [-0.1, -0.05) is 35.9 Å². The van der Waals surface area contributed by atoms with Crippen molar-refractivity contribution in [2.75, 3.05) is 31.1 Å². The lowest BCUT2D eigenvalue weighted by Gasteiger charge is -2.36. The summed E-state index contributed by atoms with van der Waals surface area (Å²) in [4.78, 5) is 16.8. The van der Waals surface area contributed by atoms with Crippen molar-refractivity contribution >= 4 is 23.2 Å². The molecule has 4 heteroatoms. The van der Waals surface area contributed by atoms with Crippen LogP contribution in [0.2, 0.25) is 5.02 Å². The van der Waals surface area contributed by atoms with E-state index in [4.69, 9.17) is 11.6 Å². The first-order chi connectivity index (χ1) is 11.6. The Bertz CT molecular complexity index is 708. The lowest BCUT2D eigenvalue weighted by Crippen LogP contribution is -2.48. The first-order valence-electron chi connectivity index (χ1n) is 8.46. The molecule has 0 aliphatic carbocycles. The first-order valence-corrected chi connectivity index (χ1v) is 8.83. The molecule has 3 nitrogen and oxygen atoms in total. The van der Waals surface area contributed by atoms with Crippen LogP contribution in [0.1, 0.15) is 17.5 Å². The average Bonchev–Trinajstić information content (AvgIpc) is 2.60. The second kappa shape index (κ2) is 7.71. The van der Waals surface area contributed by atoms with E-state index < -0.39 is 0 Å². The molecule has 0 unspecified atom stereocenters. The van der Waals surface area contributed by atoms with Gasteiger partial charge in [0, 0.05) is 43.3 Å². The van der Waals surface area contributed by atoms with Crippen LogP contribution in [0.15, 0.2) is 48.5 Å². The van der Waals surface area contributed by atoms with Crippen molar-refractivity contribution in [3.8, 4) is 0 Å². The van der Waals surface area contributed by atoms with E-state index >= 15 is 0 Å². The Kier molecular flexibility index (Phi) is 5.41. The van der Waals surface area contributed by atoms with E-state index in [-0.39, 0.29) is 5.91 Å². The van der Waals surface area contributed by atoms with Crippen LogP contribution in [0.3, 0.4) is 0 Å². The minimum Gasteiger partial charge on any atom is -0.368 e. The predicted molar refractivity (Wildman–Crippen MR) is 99.7 cm³/mol. The molecule has 1 aliphatic heterocycles. The van der Waals surface area contributed by atoms with Crippen LogP contribution in [0, 0.1) is 6.92 Å². The average molecular weight is 343 g/mol. The van der Waals surface area contributed by atoms with Gasteiger partial charge < -0.3 is 9.80 Å². The molecule has 0 bridgehead atoms. The molecule has 3 rings (SSSR count). The number of carbonyl (C=O) groups is 1. The summed E-state index contributed by atoms with van der Waals surface area (Å²) in [6.45, 7) is 5.49. The number of carbonyl (C=O) groups excluding carboxylic acids is 1. The van der Waals surface area contributed by atoms with Gasteiger partial charge in [-0.3, -0.25) is 4.79 Å². The van der Waals surface area contributed by atoms with E-state index in [2.05, 4.69) is 36.1 Å². The van der Waals surface area contributed by atoms with Crippen molar-refractivity contribution < 1.29 is 4.79 Å². The van der Waals surface area contributed by atoms with Gasteiger partial charge in [0.2, 0.25) is 5.91 Å². The highest BCUT2D eigenvalue weighted by molar-refractivity contribution is 6.30. The Labute approximate surface area is 148 Å². The number of hydrogen-bond donors (Lipinski definition) is 0. The molecule has 0 atom stereocenters. The van der Waals surface area contributed by atoms with Crippen molar-refractivity contribution in [3.05, 3.63) is 64.7 Å². The molecular formula is C20H23ClN2O. The number of rotatable bonds is 4. The van der Waals surface area contributed by atoms with Crippen molar-refractivity contribution in [1.29, 1.82) is 0 Å². The largest absolute Gasteiger partial charge is 0.368 e. The number of amides is 1. The van der Waals surface area contributed by atoms with Crippen LogP contribution in [-0.4, -0.2) is 37.0 Å². The fourth-order valence-corrected chi connectivity index (χ4v) is 3.35. The SMILES string of the molecule is Cc1cccc(N2CCN(C(=O)CCc3cccc(Cl)c3)CC2)c1. The summed E-state index contributed by atoms with van der Waals surface area (Å²) in [5.41, 5.74) is 3.64. The molecule has 1 aliphatic rings. The molecule has 0 aromatic heterocycles. The Hall–Kier alpha value is -2.00. The van der Waals surface area contributed by atoms with Gasteiger partial charge in [0.05, 0.1) is 0 Å². The zero-order valence-electron chi connectivity index (χ0n) is 14.0. The van der Waals surface area contributed by atoms with Crippen LogP contribution >= 0.6 is 11.6 Å². The van der Waals surface area contributed by atoms with E-state index in [9.17, 15) is 4.79 Å². The lowest BCUT2D eigenvalue weighted by atomic mass is 10.1. The highest BCUT2D eigenvalue weighted by Gasteiger charge is 2.21. The molecule has 0 spiro atoms. The van der Waals surface area contributed by atoms with Crippen molar-refractivity contribution in [2.45, 2.75) is 19.8 Å². The molecule has 0 N–H and O–H groups in total. The third kappa shape index (κ3) is 4.30. The number of halogens is 1. The van der Waals surface area contributed by atoms with E-state index in [0.29, 0.717) is 6.42 Å². The molecule has 1 fully saturated rings. The van der Waals surface area contributed by atoms with Crippen LogP contribution in [0.5, 0.6) is 0 Å². The number of anilines is 1. The fourth-order valence-electron chi connectivity index (χ4n) is 3.14. The molecule has 1 saturated heterocycles. The van der Waals surface area contributed by atoms with Crippen LogP contribution in [-0.2, 0) is 11.2 Å². The number of hydrogen-bond acceptors (Lipinski definition) is 2. The summed E-state index contributed by atoms with van der Waals surface area (Å²) in [6, 6.07) is 16.3. The van der Waals surface area contributed by atoms with Crippen molar-refractivity contribution in [2.24, 2.45) is 0 Å². The summed E-state index contributed by atoms with van der Waals surface area (Å²) in [6.07, 6.45) is 1.29. The zero-order chi connectivity index (χ0) is 16.9. The summed E-state index contributed by atoms with van der Waals surface area (Å²) < 4.78 is 0. The van der Waals surface area contributed by atoms with E-state index in [1.54, 1.807) is 0 Å². The molecule has 1 amide bonds. The maximum atomic E-state index is 12.4. The third-order valence-electron chi connectivity index (χ3n) is 4.52. The monoisotopic (exact) mass is 342 g/mol. The third-order valence-corrected chi connectivity index (χ3v) is 4.75. The lowest BCUT2D eigenvalue weighted by molar-refractivity contribution is -0.131. The summed E-state index contributed by atoms with van der Waals surface area (Å²) >= 11 is 5.99. The predicted octanol–water partition coefficient (Wildman–Crippen LogP) is 3.93.